The third-order valence-electron chi connectivity index (χ3n) is 37.8. The third kappa shape index (κ3) is 75.8. The summed E-state index contributed by atoms with van der Waals surface area (Å²) >= 11 is 0. The van der Waals surface area contributed by atoms with Gasteiger partial charge >= 0.3 is 23.9 Å². The highest BCUT2D eigenvalue weighted by atomic mass is 16.6. The minimum Gasteiger partial charge on any atom is -0.462 e. The average molecular weight is 2110 g/mol. The highest BCUT2D eigenvalue weighted by Gasteiger charge is 2.40. The van der Waals surface area contributed by atoms with Crippen molar-refractivity contribution in [3.63, 3.8) is 0 Å². The Hall–Kier alpha value is -2.28. The summed E-state index contributed by atoms with van der Waals surface area (Å²) in [7, 11) is 6.47. The molecular weight excluding hydrogens is 1840 g/mol. The molecule has 4 saturated heterocycles. The molecule has 884 valence electrons. The summed E-state index contributed by atoms with van der Waals surface area (Å²) in [6.45, 7) is 29.9. The fourth-order valence-corrected chi connectivity index (χ4v) is 26.1. The second-order valence-corrected chi connectivity index (χ2v) is 51.9. The van der Waals surface area contributed by atoms with E-state index in [0.29, 0.717) is 0 Å². The molecule has 4 aliphatic heterocycles. The van der Waals surface area contributed by atoms with E-state index < -0.39 is 0 Å². The van der Waals surface area contributed by atoms with E-state index >= 15 is 0 Å². The van der Waals surface area contributed by atoms with E-state index in [2.05, 4.69) is 103 Å². The summed E-state index contributed by atoms with van der Waals surface area (Å²) in [6, 6.07) is 0. The quantitative estimate of drug-likeness (QED) is 0.0328. The van der Waals surface area contributed by atoms with Crippen molar-refractivity contribution in [1.82, 2.24) is 19.6 Å². The van der Waals surface area contributed by atoms with Crippen molar-refractivity contribution in [1.29, 1.82) is 0 Å². The van der Waals surface area contributed by atoms with Gasteiger partial charge in [0.1, 0.15) is 24.4 Å². The second-order valence-electron chi connectivity index (χ2n) is 51.9. The zero-order valence-electron chi connectivity index (χ0n) is 103. The van der Waals surface area contributed by atoms with Gasteiger partial charge in [0.05, 0.1) is 23.7 Å². The number of carbonyl (C=O) groups is 4. The standard InChI is InChI=1S/C36H69NO2.C35H67NO2.C34H65NO2.C33H63NO2/c1-4-7-9-11-13-17-21-25-35(39-36(38)32-27-29-37(6-3)30-28-32)26-22-18-14-16-20-24-34-31-33(34)23-19-15-12-10-8-5-2;1-4-6-8-10-12-16-20-24-34(38-35(37)31-26-28-36(3)29-27-31)25-21-17-13-15-19-23-33-30-32(33)22-18-14-11-9-7-5-2;1-4-6-8-10-13-17-21-31-29-32(31)22-18-14-12-16-20-24-33(23-19-15-11-9-7-5-2)37-34(36)30-25-27-35(3)28-26-30;1-4-6-8-10-13-16-20-30-28-31(30)21-17-14-11-15-19-23-32(22-18-12-9-7-5-2)36-33(35)29-24-26-34(3)27-25-29/h32-35H,4-31H2,1-3H3;31-34H,4-30H2,1-3H3;30-33H,4-29H2,1-3H3;29-32H,4-28H2,1-3H3. The molecule has 4 heterocycles. The molecule has 150 heavy (non-hydrogen) atoms. The predicted molar refractivity (Wildman–Crippen MR) is 649 cm³/mol. The zero-order chi connectivity index (χ0) is 108. The van der Waals surface area contributed by atoms with Crippen molar-refractivity contribution in [2.75, 3.05) is 80.0 Å². The number of hydrogen-bond acceptors (Lipinski definition) is 12. The molecular formula is C138H264N4O8. The minimum absolute atomic E-state index is 0.0987. The van der Waals surface area contributed by atoms with Crippen LogP contribution in [0.1, 0.15) is 685 Å². The van der Waals surface area contributed by atoms with E-state index in [1.54, 1.807) is 0 Å². The van der Waals surface area contributed by atoms with Crippen LogP contribution in [0.25, 0.3) is 0 Å². The fraction of sp³-hybridized carbons (Fsp3) is 0.971. The summed E-state index contributed by atoms with van der Waals surface area (Å²) in [5.74, 6) is 9.52. The van der Waals surface area contributed by atoms with Gasteiger partial charge in [-0.2, -0.15) is 0 Å². The highest BCUT2D eigenvalue weighted by Crippen LogP contribution is 2.49. The molecule has 0 N–H and O–H groups in total. The van der Waals surface area contributed by atoms with E-state index in [0.717, 1.165) is 209 Å². The van der Waals surface area contributed by atoms with Gasteiger partial charge in [-0.1, -0.05) is 505 Å². The van der Waals surface area contributed by atoms with Crippen LogP contribution in [-0.2, 0) is 38.1 Å². The predicted octanol–water partition coefficient (Wildman–Crippen LogP) is 41.2. The lowest BCUT2D eigenvalue weighted by Gasteiger charge is -2.30. The van der Waals surface area contributed by atoms with Crippen molar-refractivity contribution in [3.05, 3.63) is 0 Å². The first kappa shape index (κ1) is 138. The Labute approximate surface area is 936 Å². The SMILES string of the molecule is CCCCCCCCC(CCCCCCCC1CC1CCCCCCCC)OC(=O)C1CCN(C)CC1.CCCCCCCCC1CC1CCCCCCCC(CCCCCCC)OC(=O)C1CCN(C)CC1.CCCCCCCCCC(CCCCCCCC1CC1CCCCCCCC)OC(=O)C1CCN(C)CC1.CCCCCCCCCC(CCCCCCCC1CC1CCCCCCCC)OC(=O)C1CCN(CC)CC1. The Morgan fingerprint density at radius 3 is 0.447 bits per heavy atom. The second kappa shape index (κ2) is 96.5. The van der Waals surface area contributed by atoms with Gasteiger partial charge in [0, 0.05) is 0 Å². The Bertz CT molecular complexity index is 2970. The van der Waals surface area contributed by atoms with E-state index in [1.165, 1.54) is 520 Å². The maximum absolute atomic E-state index is 13.0. The van der Waals surface area contributed by atoms with Crippen molar-refractivity contribution in [2.45, 2.75) is 710 Å². The van der Waals surface area contributed by atoms with E-state index in [-0.39, 0.29) is 72.0 Å². The summed E-state index contributed by atoms with van der Waals surface area (Å²) in [4.78, 5) is 60.9. The van der Waals surface area contributed by atoms with Crippen LogP contribution in [0.5, 0.6) is 0 Å². The molecule has 12 unspecified atom stereocenters. The molecule has 8 rings (SSSR count). The average Bonchev–Trinajstić information content (AvgIpc) is 1.71. The van der Waals surface area contributed by atoms with Crippen LogP contribution in [0, 0.1) is 71.0 Å². The van der Waals surface area contributed by atoms with E-state index in [1.807, 2.05) is 0 Å². The first-order valence-electron chi connectivity index (χ1n) is 69.2. The smallest absolute Gasteiger partial charge is 0.309 e. The summed E-state index contributed by atoms with van der Waals surface area (Å²) in [6.07, 6.45) is 130. The molecule has 12 heteroatoms. The van der Waals surface area contributed by atoms with Gasteiger partial charge < -0.3 is 38.5 Å². The largest absolute Gasteiger partial charge is 0.462 e. The molecule has 4 saturated carbocycles. The van der Waals surface area contributed by atoms with Gasteiger partial charge in [-0.25, -0.2) is 0 Å². The molecule has 0 bridgehead atoms. The first-order valence-corrected chi connectivity index (χ1v) is 69.2. The minimum atomic E-state index is 0.0987. The van der Waals surface area contributed by atoms with Gasteiger partial charge in [-0.15, -0.1) is 0 Å². The van der Waals surface area contributed by atoms with Crippen LogP contribution in [-0.4, -0.2) is 148 Å². The molecule has 0 amide bonds. The van der Waals surface area contributed by atoms with Gasteiger partial charge in [0.25, 0.3) is 0 Å². The zero-order valence-corrected chi connectivity index (χ0v) is 103. The molecule has 0 radical (unpaired) electrons. The number of nitrogens with zero attached hydrogens (tertiary/aromatic N) is 4. The van der Waals surface area contributed by atoms with Gasteiger partial charge in [-0.3, -0.25) is 19.2 Å². The van der Waals surface area contributed by atoms with Crippen molar-refractivity contribution >= 4 is 23.9 Å². The van der Waals surface area contributed by atoms with Gasteiger partial charge in [0.2, 0.25) is 0 Å². The van der Waals surface area contributed by atoms with E-state index in [4.69, 9.17) is 18.9 Å². The molecule has 12 nitrogen and oxygen atoms in total. The number of rotatable bonds is 98. The van der Waals surface area contributed by atoms with E-state index in [9.17, 15) is 19.2 Å². The molecule has 0 aromatic heterocycles. The lowest BCUT2D eigenvalue weighted by Crippen LogP contribution is -2.37. The van der Waals surface area contributed by atoms with Gasteiger partial charge in [0.15, 0.2) is 0 Å². The molecule has 4 aliphatic carbocycles. The highest BCUT2D eigenvalue weighted by molar-refractivity contribution is 5.74. The number of hydrogen-bond donors (Lipinski definition) is 0. The summed E-state index contributed by atoms with van der Waals surface area (Å²) in [5, 5.41) is 0. The topological polar surface area (TPSA) is 118 Å². The first-order chi connectivity index (χ1) is 73.6. The Kier molecular flexibility index (Phi) is 88.8. The molecule has 8 aliphatic rings. The third-order valence-corrected chi connectivity index (χ3v) is 37.8. The maximum Gasteiger partial charge on any atom is 0.309 e. The monoisotopic (exact) mass is 2110 g/mol. The lowest BCUT2D eigenvalue weighted by atomic mass is 9.96. The van der Waals surface area contributed by atoms with Crippen LogP contribution in [0.2, 0.25) is 0 Å². The van der Waals surface area contributed by atoms with Crippen molar-refractivity contribution < 1.29 is 38.1 Å². The fourth-order valence-electron chi connectivity index (χ4n) is 26.1. The Morgan fingerprint density at radius 2 is 0.307 bits per heavy atom. The number of piperidine rings is 4. The Balaban J connectivity index is 0.000000351. The molecule has 12 atom stereocenters. The van der Waals surface area contributed by atoms with Crippen molar-refractivity contribution in [2.24, 2.45) is 71.0 Å². The number of ether oxygens (including phenoxy) is 4. The number of esters is 4. The van der Waals surface area contributed by atoms with Gasteiger partial charge in [-0.05, 0) is 307 Å². The summed E-state index contributed by atoms with van der Waals surface area (Å²) in [5.41, 5.74) is 0. The molecule has 0 aromatic carbocycles. The number of unbranched alkanes of at least 4 members (excludes halogenated alkanes) is 57. The normalized spacial score (nSPS) is 21.1. The summed E-state index contributed by atoms with van der Waals surface area (Å²) < 4.78 is 24.6. The molecule has 8 fully saturated rings. The molecule has 0 spiro atoms. The maximum atomic E-state index is 13.0. The lowest BCUT2D eigenvalue weighted by molar-refractivity contribution is -0.157. The van der Waals surface area contributed by atoms with Crippen molar-refractivity contribution in [3.8, 4) is 0 Å². The van der Waals surface area contributed by atoms with Crippen LogP contribution in [0.15, 0.2) is 0 Å². The van der Waals surface area contributed by atoms with Crippen LogP contribution < -0.4 is 0 Å². The molecule has 0 aromatic rings. The van der Waals surface area contributed by atoms with Crippen LogP contribution in [0.4, 0.5) is 0 Å². The number of carbonyl (C=O) groups excluding carboxylic acids is 4. The van der Waals surface area contributed by atoms with Crippen LogP contribution >= 0.6 is 0 Å². The Morgan fingerprint density at radius 1 is 0.180 bits per heavy atom. The van der Waals surface area contributed by atoms with Crippen LogP contribution in [0.3, 0.4) is 0 Å². The number of likely N-dealkylation sites (tertiary alicyclic amines) is 4.